The lowest BCUT2D eigenvalue weighted by Crippen LogP contribution is -2.20. The summed E-state index contributed by atoms with van der Waals surface area (Å²) in [5.74, 6) is 1.63. The van der Waals surface area contributed by atoms with Gasteiger partial charge in [-0.15, -0.1) is 0 Å². The number of aromatic nitrogens is 2. The van der Waals surface area contributed by atoms with E-state index >= 15 is 0 Å². The van der Waals surface area contributed by atoms with E-state index < -0.39 is 0 Å². The first kappa shape index (κ1) is 16.8. The first-order valence-corrected chi connectivity index (χ1v) is 9.10. The van der Waals surface area contributed by atoms with Crippen LogP contribution in [0.1, 0.15) is 30.7 Å². The van der Waals surface area contributed by atoms with Crippen LogP contribution in [-0.4, -0.2) is 33.4 Å². The largest absolute Gasteiger partial charge is 0.331 e. The van der Waals surface area contributed by atoms with Gasteiger partial charge in [0, 0.05) is 38.7 Å². The summed E-state index contributed by atoms with van der Waals surface area (Å²) in [6.45, 7) is 4.58. The third-order valence-electron chi connectivity index (χ3n) is 5.14. The number of likely N-dealkylation sites (tertiary alicyclic amines) is 1. The van der Waals surface area contributed by atoms with Gasteiger partial charge in [-0.25, -0.2) is 4.98 Å². The zero-order valence-electron chi connectivity index (χ0n) is 15.3. The van der Waals surface area contributed by atoms with Gasteiger partial charge in [-0.2, -0.15) is 0 Å². The Hall–Kier alpha value is -2.66. The highest BCUT2D eigenvalue weighted by Crippen LogP contribution is 2.29. The van der Waals surface area contributed by atoms with Gasteiger partial charge in [-0.3, -0.25) is 9.69 Å². The lowest BCUT2D eigenvalue weighted by Gasteiger charge is -2.16. The van der Waals surface area contributed by atoms with Crippen molar-refractivity contribution in [1.82, 2.24) is 14.5 Å². The number of imidazole rings is 1. The molecular formula is C21H24N4O. The molecule has 2 aromatic carbocycles. The second-order valence-corrected chi connectivity index (χ2v) is 7.12. The predicted octanol–water partition coefficient (Wildman–Crippen LogP) is 3.52. The average molecular weight is 348 g/mol. The molecule has 26 heavy (non-hydrogen) atoms. The minimum atomic E-state index is -0.0393. The second kappa shape index (κ2) is 6.92. The fourth-order valence-electron chi connectivity index (χ4n) is 3.87. The van der Waals surface area contributed by atoms with E-state index in [2.05, 4.69) is 52.2 Å². The number of carbonyl (C=O) groups excluding carboxylic acids is 1. The topological polar surface area (TPSA) is 50.2 Å². The Morgan fingerprint density at radius 1 is 1.19 bits per heavy atom. The van der Waals surface area contributed by atoms with Crippen molar-refractivity contribution in [3.63, 3.8) is 0 Å². The molecule has 0 aliphatic carbocycles. The molecule has 0 unspecified atom stereocenters. The number of amides is 1. The number of aryl methyl sites for hydroxylation is 1. The van der Waals surface area contributed by atoms with Crippen LogP contribution in [0.25, 0.3) is 11.0 Å². The fourth-order valence-corrected chi connectivity index (χ4v) is 3.87. The lowest BCUT2D eigenvalue weighted by molar-refractivity contribution is -0.114. The van der Waals surface area contributed by atoms with Crippen LogP contribution in [0.3, 0.4) is 0 Å². The van der Waals surface area contributed by atoms with Crippen LogP contribution in [0.2, 0.25) is 0 Å². The van der Waals surface area contributed by atoms with Crippen LogP contribution >= 0.6 is 0 Å². The summed E-state index contributed by atoms with van der Waals surface area (Å²) < 4.78 is 2.24. The summed E-state index contributed by atoms with van der Waals surface area (Å²) in [6.07, 6.45) is 1.14. The van der Waals surface area contributed by atoms with E-state index in [1.807, 2.05) is 18.2 Å². The standard InChI is InChI=1S/C21H24N4O/c1-15(26)22-18-9-7-16(8-10-18)13-25-12-11-17(14-25)21-23-19-5-3-4-6-20(19)24(21)2/h3-10,17H,11-14H2,1-2H3,(H,22,26)/t17-/m0/s1. The Morgan fingerprint density at radius 3 is 2.69 bits per heavy atom. The van der Waals surface area contributed by atoms with Crippen molar-refractivity contribution in [2.45, 2.75) is 25.8 Å². The summed E-state index contributed by atoms with van der Waals surface area (Å²) in [6, 6.07) is 16.5. The van der Waals surface area contributed by atoms with Gasteiger partial charge in [0.25, 0.3) is 0 Å². The van der Waals surface area contributed by atoms with Crippen molar-refractivity contribution in [3.05, 3.63) is 59.9 Å². The fraction of sp³-hybridized carbons (Fsp3) is 0.333. The molecule has 4 rings (SSSR count). The second-order valence-electron chi connectivity index (χ2n) is 7.12. The molecule has 0 spiro atoms. The maximum Gasteiger partial charge on any atom is 0.221 e. The van der Waals surface area contributed by atoms with Crippen molar-refractivity contribution in [1.29, 1.82) is 0 Å². The van der Waals surface area contributed by atoms with Crippen LogP contribution in [0.4, 0.5) is 5.69 Å². The van der Waals surface area contributed by atoms with E-state index in [0.717, 1.165) is 37.3 Å². The summed E-state index contributed by atoms with van der Waals surface area (Å²) in [4.78, 5) is 18.5. The maximum atomic E-state index is 11.1. The van der Waals surface area contributed by atoms with Gasteiger partial charge in [0.05, 0.1) is 11.0 Å². The van der Waals surface area contributed by atoms with Crippen molar-refractivity contribution in [2.75, 3.05) is 18.4 Å². The van der Waals surface area contributed by atoms with E-state index in [0.29, 0.717) is 5.92 Å². The van der Waals surface area contributed by atoms with Crippen LogP contribution in [-0.2, 0) is 18.4 Å². The Bertz CT molecular complexity index is 929. The van der Waals surface area contributed by atoms with Gasteiger partial charge < -0.3 is 9.88 Å². The van der Waals surface area contributed by atoms with Gasteiger partial charge in [-0.05, 0) is 42.8 Å². The highest BCUT2D eigenvalue weighted by Gasteiger charge is 2.27. The highest BCUT2D eigenvalue weighted by molar-refractivity contribution is 5.88. The third-order valence-corrected chi connectivity index (χ3v) is 5.14. The summed E-state index contributed by atoms with van der Waals surface area (Å²) in [5, 5.41) is 2.81. The molecule has 1 aliphatic heterocycles. The molecule has 0 bridgehead atoms. The molecule has 3 aromatic rings. The Balaban J connectivity index is 1.43. The van der Waals surface area contributed by atoms with E-state index in [1.54, 1.807) is 0 Å². The SMILES string of the molecule is CC(=O)Nc1ccc(CN2CC[C@H](c3nc4ccccc4n3C)C2)cc1. The molecule has 0 saturated carbocycles. The van der Waals surface area contributed by atoms with Gasteiger partial charge in [0.1, 0.15) is 5.82 Å². The normalized spacial score (nSPS) is 17.7. The Labute approximate surface area is 153 Å². The van der Waals surface area contributed by atoms with Crippen molar-refractivity contribution < 1.29 is 4.79 Å². The molecule has 0 radical (unpaired) electrons. The number of anilines is 1. The van der Waals surface area contributed by atoms with Crippen LogP contribution < -0.4 is 5.32 Å². The van der Waals surface area contributed by atoms with Gasteiger partial charge in [0.2, 0.25) is 5.91 Å². The molecular weight excluding hydrogens is 324 g/mol. The summed E-state index contributed by atoms with van der Waals surface area (Å²) in [5.41, 5.74) is 4.40. The minimum Gasteiger partial charge on any atom is -0.331 e. The lowest BCUT2D eigenvalue weighted by atomic mass is 10.1. The van der Waals surface area contributed by atoms with Gasteiger partial charge in [-0.1, -0.05) is 24.3 Å². The van der Waals surface area contributed by atoms with E-state index in [1.165, 1.54) is 23.8 Å². The van der Waals surface area contributed by atoms with E-state index in [4.69, 9.17) is 4.98 Å². The number of fused-ring (bicyclic) bond motifs is 1. The number of hydrogen-bond donors (Lipinski definition) is 1. The molecule has 1 saturated heterocycles. The summed E-state index contributed by atoms with van der Waals surface area (Å²) in [7, 11) is 2.12. The summed E-state index contributed by atoms with van der Waals surface area (Å²) >= 11 is 0. The van der Waals surface area contributed by atoms with Gasteiger partial charge in [0.15, 0.2) is 0 Å². The number of para-hydroxylation sites is 2. The zero-order chi connectivity index (χ0) is 18.1. The van der Waals surface area contributed by atoms with E-state index in [9.17, 15) is 4.79 Å². The van der Waals surface area contributed by atoms with Crippen molar-refractivity contribution in [3.8, 4) is 0 Å². The quantitative estimate of drug-likeness (QED) is 0.785. The zero-order valence-corrected chi connectivity index (χ0v) is 15.3. The first-order valence-electron chi connectivity index (χ1n) is 9.10. The molecule has 1 fully saturated rings. The molecule has 1 atom stereocenters. The molecule has 1 N–H and O–H groups in total. The highest BCUT2D eigenvalue weighted by atomic mass is 16.1. The number of benzene rings is 2. The molecule has 134 valence electrons. The Morgan fingerprint density at radius 2 is 1.96 bits per heavy atom. The Kier molecular flexibility index (Phi) is 4.47. The van der Waals surface area contributed by atoms with Crippen LogP contribution in [0.15, 0.2) is 48.5 Å². The van der Waals surface area contributed by atoms with Gasteiger partial charge >= 0.3 is 0 Å². The van der Waals surface area contributed by atoms with Crippen LogP contribution in [0.5, 0.6) is 0 Å². The van der Waals surface area contributed by atoms with Crippen molar-refractivity contribution >= 4 is 22.6 Å². The number of hydrogen-bond acceptors (Lipinski definition) is 3. The molecule has 1 aromatic heterocycles. The third kappa shape index (κ3) is 3.35. The smallest absolute Gasteiger partial charge is 0.221 e. The molecule has 5 heteroatoms. The molecule has 1 aliphatic rings. The molecule has 1 amide bonds. The number of carbonyl (C=O) groups is 1. The predicted molar refractivity (Wildman–Crippen MR) is 104 cm³/mol. The number of nitrogens with zero attached hydrogens (tertiary/aromatic N) is 3. The minimum absolute atomic E-state index is 0.0393. The van der Waals surface area contributed by atoms with E-state index in [-0.39, 0.29) is 5.91 Å². The molecule has 2 heterocycles. The van der Waals surface area contributed by atoms with Crippen LogP contribution in [0, 0.1) is 0 Å². The first-order chi connectivity index (χ1) is 12.6. The molecule has 5 nitrogen and oxygen atoms in total. The number of nitrogens with one attached hydrogen (secondary N) is 1. The monoisotopic (exact) mass is 348 g/mol. The maximum absolute atomic E-state index is 11.1. The van der Waals surface area contributed by atoms with Crippen molar-refractivity contribution in [2.24, 2.45) is 7.05 Å². The number of rotatable bonds is 4. The average Bonchev–Trinajstić information content (AvgIpc) is 3.21.